The van der Waals surface area contributed by atoms with Crippen molar-refractivity contribution >= 4 is 5.69 Å². The number of nitrogens with two attached hydrogens (primary N) is 1. The maximum absolute atomic E-state index is 5.82. The number of rotatable bonds is 2. The molecule has 0 fully saturated rings. The van der Waals surface area contributed by atoms with Crippen LogP contribution in [0.2, 0.25) is 0 Å². The summed E-state index contributed by atoms with van der Waals surface area (Å²) < 4.78 is 5.76. The van der Waals surface area contributed by atoms with Gasteiger partial charge in [-0.05, 0) is 55.3 Å². The van der Waals surface area contributed by atoms with Crippen molar-refractivity contribution in [2.45, 2.75) is 13.8 Å². The summed E-state index contributed by atoms with van der Waals surface area (Å²) in [4.78, 5) is 0. The van der Waals surface area contributed by atoms with Crippen LogP contribution in [-0.2, 0) is 0 Å². The van der Waals surface area contributed by atoms with Crippen LogP contribution in [0.15, 0.2) is 36.4 Å². The molecule has 2 heteroatoms. The van der Waals surface area contributed by atoms with Crippen LogP contribution in [0.1, 0.15) is 11.1 Å². The quantitative estimate of drug-likeness (QED) is 0.773. The lowest BCUT2D eigenvalue weighted by Gasteiger charge is -2.10. The zero-order valence-electron chi connectivity index (χ0n) is 9.45. The first kappa shape index (κ1) is 10.6. The topological polar surface area (TPSA) is 35.2 Å². The first-order valence-corrected chi connectivity index (χ1v) is 5.17. The smallest absolute Gasteiger partial charge is 0.130 e. The van der Waals surface area contributed by atoms with E-state index in [9.17, 15) is 0 Å². The van der Waals surface area contributed by atoms with Gasteiger partial charge in [0.15, 0.2) is 0 Å². The van der Waals surface area contributed by atoms with Crippen LogP contribution in [0.25, 0.3) is 0 Å². The van der Waals surface area contributed by atoms with Gasteiger partial charge in [0.1, 0.15) is 11.5 Å². The van der Waals surface area contributed by atoms with E-state index in [4.69, 9.17) is 10.5 Å². The lowest BCUT2D eigenvalue weighted by atomic mass is 10.1. The fourth-order valence-corrected chi connectivity index (χ4v) is 1.49. The SMILES string of the molecule is Cc1cc(Oc2c[c]ccc2)c(C)cc1N. The molecule has 81 valence electrons. The van der Waals surface area contributed by atoms with Crippen molar-refractivity contribution in [2.75, 3.05) is 5.73 Å². The number of anilines is 1. The molecule has 0 aliphatic rings. The number of nitrogen functional groups attached to an aromatic ring is 1. The first-order chi connectivity index (χ1) is 7.66. The molecular formula is C14H14NO. The van der Waals surface area contributed by atoms with Crippen LogP contribution in [0.4, 0.5) is 5.69 Å². The highest BCUT2D eigenvalue weighted by molar-refractivity contribution is 5.54. The molecule has 0 aromatic heterocycles. The molecule has 1 radical (unpaired) electrons. The van der Waals surface area contributed by atoms with Gasteiger partial charge in [0, 0.05) is 5.69 Å². The van der Waals surface area contributed by atoms with E-state index in [2.05, 4.69) is 6.07 Å². The Hall–Kier alpha value is -1.96. The Morgan fingerprint density at radius 1 is 1.19 bits per heavy atom. The van der Waals surface area contributed by atoms with E-state index in [1.54, 1.807) is 0 Å². The van der Waals surface area contributed by atoms with Gasteiger partial charge < -0.3 is 10.5 Å². The fourth-order valence-electron chi connectivity index (χ4n) is 1.49. The van der Waals surface area contributed by atoms with Gasteiger partial charge in [-0.2, -0.15) is 0 Å². The summed E-state index contributed by atoms with van der Waals surface area (Å²) in [5.74, 6) is 1.63. The van der Waals surface area contributed by atoms with Gasteiger partial charge in [0.05, 0.1) is 0 Å². The molecule has 0 atom stereocenters. The van der Waals surface area contributed by atoms with Crippen LogP contribution in [-0.4, -0.2) is 0 Å². The van der Waals surface area contributed by atoms with Crippen molar-refractivity contribution in [3.05, 3.63) is 53.6 Å². The lowest BCUT2D eigenvalue weighted by Crippen LogP contribution is -1.94. The molecule has 0 bridgehead atoms. The molecule has 16 heavy (non-hydrogen) atoms. The fraction of sp³-hybridized carbons (Fsp3) is 0.143. The Morgan fingerprint density at radius 2 is 2.00 bits per heavy atom. The Kier molecular flexibility index (Phi) is 2.82. The molecule has 0 aliphatic carbocycles. The summed E-state index contributed by atoms with van der Waals surface area (Å²) in [6.07, 6.45) is 0. The highest BCUT2D eigenvalue weighted by Gasteiger charge is 2.04. The van der Waals surface area contributed by atoms with E-state index in [0.29, 0.717) is 0 Å². The van der Waals surface area contributed by atoms with Crippen molar-refractivity contribution in [1.82, 2.24) is 0 Å². The summed E-state index contributed by atoms with van der Waals surface area (Å²) in [6.45, 7) is 3.95. The van der Waals surface area contributed by atoms with Crippen LogP contribution >= 0.6 is 0 Å². The van der Waals surface area contributed by atoms with Gasteiger partial charge in [0.25, 0.3) is 0 Å². The highest BCUT2D eigenvalue weighted by Crippen LogP contribution is 2.28. The number of hydrogen-bond donors (Lipinski definition) is 1. The van der Waals surface area contributed by atoms with Crippen LogP contribution in [0.5, 0.6) is 11.5 Å². The average Bonchev–Trinajstić information content (AvgIpc) is 2.27. The van der Waals surface area contributed by atoms with Crippen molar-refractivity contribution < 1.29 is 4.74 Å². The monoisotopic (exact) mass is 212 g/mol. The molecule has 0 spiro atoms. The molecule has 0 unspecified atom stereocenters. The summed E-state index contributed by atoms with van der Waals surface area (Å²) in [5, 5.41) is 0. The molecule has 2 N–H and O–H groups in total. The number of aryl methyl sites for hydroxylation is 2. The third-order valence-corrected chi connectivity index (χ3v) is 2.47. The van der Waals surface area contributed by atoms with Crippen molar-refractivity contribution in [1.29, 1.82) is 0 Å². The minimum atomic E-state index is 0.787. The molecule has 2 nitrogen and oxygen atoms in total. The second-order valence-electron chi connectivity index (χ2n) is 3.82. The molecule has 0 amide bonds. The van der Waals surface area contributed by atoms with Gasteiger partial charge in [-0.25, -0.2) is 0 Å². The highest BCUT2D eigenvalue weighted by atomic mass is 16.5. The van der Waals surface area contributed by atoms with Crippen LogP contribution in [0.3, 0.4) is 0 Å². The Balaban J connectivity index is 2.32. The van der Waals surface area contributed by atoms with Crippen molar-refractivity contribution in [2.24, 2.45) is 0 Å². The Labute approximate surface area is 95.7 Å². The standard InChI is InChI=1S/C14H14NO/c1-10-9-14(11(2)8-13(10)15)16-12-6-4-3-5-7-12/h3-4,6-9H,15H2,1-2H3. The molecule has 0 saturated heterocycles. The Bertz CT molecular complexity index is 492. The molecule has 0 saturated carbocycles. The largest absolute Gasteiger partial charge is 0.457 e. The second kappa shape index (κ2) is 4.27. The summed E-state index contributed by atoms with van der Waals surface area (Å²) in [5.41, 5.74) is 8.68. The lowest BCUT2D eigenvalue weighted by molar-refractivity contribution is 0.478. The first-order valence-electron chi connectivity index (χ1n) is 5.17. The van der Waals surface area contributed by atoms with Crippen molar-refractivity contribution in [3.63, 3.8) is 0 Å². The second-order valence-corrected chi connectivity index (χ2v) is 3.82. The van der Waals surface area contributed by atoms with Gasteiger partial charge in [-0.1, -0.05) is 12.1 Å². The van der Waals surface area contributed by atoms with Gasteiger partial charge in [-0.3, -0.25) is 0 Å². The zero-order valence-corrected chi connectivity index (χ0v) is 9.45. The van der Waals surface area contributed by atoms with E-state index < -0.39 is 0 Å². The van der Waals surface area contributed by atoms with E-state index >= 15 is 0 Å². The molecule has 0 aliphatic heterocycles. The molecule has 2 rings (SSSR count). The van der Waals surface area contributed by atoms with Crippen molar-refractivity contribution in [3.8, 4) is 11.5 Å². The number of benzene rings is 2. The Morgan fingerprint density at radius 3 is 2.69 bits per heavy atom. The maximum Gasteiger partial charge on any atom is 0.130 e. The zero-order chi connectivity index (χ0) is 11.5. The van der Waals surface area contributed by atoms with Gasteiger partial charge in [-0.15, -0.1) is 0 Å². The van der Waals surface area contributed by atoms with E-state index in [0.717, 1.165) is 28.3 Å². The summed E-state index contributed by atoms with van der Waals surface area (Å²) in [7, 11) is 0. The van der Waals surface area contributed by atoms with E-state index in [1.165, 1.54) is 0 Å². The number of hydrogen-bond acceptors (Lipinski definition) is 2. The normalized spacial score (nSPS) is 10.1. The van der Waals surface area contributed by atoms with E-state index in [-0.39, 0.29) is 0 Å². The molecular weight excluding hydrogens is 198 g/mol. The third kappa shape index (κ3) is 2.16. The van der Waals surface area contributed by atoms with E-state index in [1.807, 2.05) is 50.2 Å². The van der Waals surface area contributed by atoms with Crippen LogP contribution in [0, 0.1) is 19.9 Å². The predicted octanol–water partition coefficient (Wildman–Crippen LogP) is 3.48. The maximum atomic E-state index is 5.82. The molecule has 0 heterocycles. The summed E-state index contributed by atoms with van der Waals surface area (Å²) >= 11 is 0. The summed E-state index contributed by atoms with van der Waals surface area (Å²) in [6, 6.07) is 14.3. The third-order valence-electron chi connectivity index (χ3n) is 2.47. The average molecular weight is 212 g/mol. The molecule has 2 aromatic rings. The van der Waals surface area contributed by atoms with Gasteiger partial charge in [0.2, 0.25) is 0 Å². The minimum absolute atomic E-state index is 0.787. The van der Waals surface area contributed by atoms with Gasteiger partial charge >= 0.3 is 0 Å². The predicted molar refractivity (Wildman–Crippen MR) is 65.7 cm³/mol. The number of ether oxygens (including phenoxy) is 1. The minimum Gasteiger partial charge on any atom is -0.457 e. The van der Waals surface area contributed by atoms with Crippen LogP contribution < -0.4 is 10.5 Å². The molecule has 2 aromatic carbocycles.